The fraction of sp³-hybridized carbons (Fsp3) is 0.571. The smallest absolute Gasteiger partial charge is 0.307 e. The second-order valence-electron chi connectivity index (χ2n) is 1.97. The SMILES string of the molecule is CSC(C)/C=C\CC(=O)O. The predicted octanol–water partition coefficient (Wildman–Crippen LogP) is 1.77. The van der Waals surface area contributed by atoms with E-state index in [0.29, 0.717) is 5.25 Å². The first kappa shape index (κ1) is 9.56. The number of carboxylic acids is 1. The molecule has 2 nitrogen and oxygen atoms in total. The van der Waals surface area contributed by atoms with Crippen LogP contribution >= 0.6 is 11.8 Å². The molecular weight excluding hydrogens is 148 g/mol. The summed E-state index contributed by atoms with van der Waals surface area (Å²) in [4.78, 5) is 10.0. The number of thioether (sulfide) groups is 1. The van der Waals surface area contributed by atoms with Crippen LogP contribution in [0, 0.1) is 0 Å². The summed E-state index contributed by atoms with van der Waals surface area (Å²) in [5.41, 5.74) is 0. The number of carboxylic acid groups (broad SMARTS) is 1. The Bertz CT molecular complexity index is 132. The van der Waals surface area contributed by atoms with Gasteiger partial charge in [-0.15, -0.1) is 0 Å². The van der Waals surface area contributed by atoms with Crippen molar-refractivity contribution in [1.82, 2.24) is 0 Å². The van der Waals surface area contributed by atoms with E-state index >= 15 is 0 Å². The second kappa shape index (κ2) is 5.35. The molecule has 0 radical (unpaired) electrons. The molecule has 0 saturated carbocycles. The summed E-state index contributed by atoms with van der Waals surface area (Å²) in [7, 11) is 0. The van der Waals surface area contributed by atoms with E-state index < -0.39 is 5.97 Å². The fourth-order valence-corrected chi connectivity index (χ4v) is 0.707. The Morgan fingerprint density at radius 2 is 2.40 bits per heavy atom. The van der Waals surface area contributed by atoms with E-state index in [1.807, 2.05) is 19.3 Å². The third kappa shape index (κ3) is 5.69. The summed E-state index contributed by atoms with van der Waals surface area (Å²) >= 11 is 1.70. The maximum absolute atomic E-state index is 10.0. The van der Waals surface area contributed by atoms with Crippen LogP contribution in [0.15, 0.2) is 12.2 Å². The highest BCUT2D eigenvalue weighted by Crippen LogP contribution is 2.05. The van der Waals surface area contributed by atoms with Crippen LogP contribution in [0.5, 0.6) is 0 Å². The van der Waals surface area contributed by atoms with Crippen molar-refractivity contribution in [2.45, 2.75) is 18.6 Å². The number of hydrogen-bond acceptors (Lipinski definition) is 2. The van der Waals surface area contributed by atoms with Gasteiger partial charge in [0.1, 0.15) is 0 Å². The van der Waals surface area contributed by atoms with Gasteiger partial charge in [0.05, 0.1) is 6.42 Å². The molecule has 0 bridgehead atoms. The van der Waals surface area contributed by atoms with Crippen molar-refractivity contribution in [3.05, 3.63) is 12.2 Å². The van der Waals surface area contributed by atoms with E-state index in [0.717, 1.165) is 0 Å². The summed E-state index contributed by atoms with van der Waals surface area (Å²) in [6, 6.07) is 0. The first-order valence-corrected chi connectivity index (χ1v) is 4.37. The van der Waals surface area contributed by atoms with Gasteiger partial charge in [0.2, 0.25) is 0 Å². The molecule has 0 aliphatic carbocycles. The van der Waals surface area contributed by atoms with Crippen molar-refractivity contribution < 1.29 is 9.90 Å². The highest BCUT2D eigenvalue weighted by Gasteiger charge is 1.92. The number of aliphatic carboxylic acids is 1. The van der Waals surface area contributed by atoms with Gasteiger partial charge in [0, 0.05) is 5.25 Å². The van der Waals surface area contributed by atoms with Crippen molar-refractivity contribution in [2.24, 2.45) is 0 Å². The Balaban J connectivity index is 3.45. The molecule has 0 aliphatic rings. The highest BCUT2D eigenvalue weighted by atomic mass is 32.2. The van der Waals surface area contributed by atoms with Gasteiger partial charge in [-0.2, -0.15) is 11.8 Å². The van der Waals surface area contributed by atoms with Crippen molar-refractivity contribution in [3.8, 4) is 0 Å². The molecule has 58 valence electrons. The zero-order valence-electron chi connectivity index (χ0n) is 6.20. The first-order valence-electron chi connectivity index (χ1n) is 3.08. The van der Waals surface area contributed by atoms with E-state index in [2.05, 4.69) is 0 Å². The van der Waals surface area contributed by atoms with Gasteiger partial charge in [-0.25, -0.2) is 0 Å². The average molecular weight is 160 g/mol. The van der Waals surface area contributed by atoms with Crippen LogP contribution in [0.1, 0.15) is 13.3 Å². The molecule has 0 spiro atoms. The van der Waals surface area contributed by atoms with E-state index in [9.17, 15) is 4.79 Å². The molecule has 1 N–H and O–H groups in total. The molecule has 0 aromatic rings. The third-order valence-electron chi connectivity index (χ3n) is 1.07. The number of rotatable bonds is 4. The summed E-state index contributed by atoms with van der Waals surface area (Å²) < 4.78 is 0. The molecule has 0 rings (SSSR count). The third-order valence-corrected chi connectivity index (χ3v) is 1.97. The van der Waals surface area contributed by atoms with Gasteiger partial charge in [0.15, 0.2) is 0 Å². The van der Waals surface area contributed by atoms with Gasteiger partial charge < -0.3 is 5.11 Å². The molecule has 0 aromatic heterocycles. The van der Waals surface area contributed by atoms with E-state index in [1.165, 1.54) is 0 Å². The van der Waals surface area contributed by atoms with Crippen LogP contribution in [-0.4, -0.2) is 22.6 Å². The molecule has 0 saturated heterocycles. The standard InChI is InChI=1S/C7H12O2S/c1-6(10-2)4-3-5-7(8)9/h3-4,6H,5H2,1-2H3,(H,8,9)/b4-3-. The minimum atomic E-state index is -0.774. The Kier molecular flexibility index (Phi) is 5.12. The van der Waals surface area contributed by atoms with Gasteiger partial charge in [-0.3, -0.25) is 4.79 Å². The maximum atomic E-state index is 10.0. The second-order valence-corrected chi connectivity index (χ2v) is 3.18. The van der Waals surface area contributed by atoms with Crippen LogP contribution in [0.4, 0.5) is 0 Å². The van der Waals surface area contributed by atoms with Gasteiger partial charge >= 0.3 is 5.97 Å². The van der Waals surface area contributed by atoms with Crippen molar-refractivity contribution in [3.63, 3.8) is 0 Å². The number of hydrogen-bond donors (Lipinski definition) is 1. The monoisotopic (exact) mass is 160 g/mol. The Morgan fingerprint density at radius 3 is 2.80 bits per heavy atom. The highest BCUT2D eigenvalue weighted by molar-refractivity contribution is 7.99. The molecule has 0 heterocycles. The fourth-order valence-electron chi connectivity index (χ4n) is 0.439. The lowest BCUT2D eigenvalue weighted by Crippen LogP contribution is -1.92. The minimum Gasteiger partial charge on any atom is -0.481 e. The van der Waals surface area contributed by atoms with Crippen LogP contribution in [0.2, 0.25) is 0 Å². The van der Waals surface area contributed by atoms with Crippen LogP contribution in [0.3, 0.4) is 0 Å². The molecule has 1 atom stereocenters. The lowest BCUT2D eigenvalue weighted by molar-refractivity contribution is -0.136. The normalized spacial score (nSPS) is 13.8. The summed E-state index contributed by atoms with van der Waals surface area (Å²) in [6.45, 7) is 2.03. The first-order chi connectivity index (χ1) is 4.66. The minimum absolute atomic E-state index is 0.130. The summed E-state index contributed by atoms with van der Waals surface area (Å²) in [5, 5.41) is 8.66. The molecule has 0 aromatic carbocycles. The number of carbonyl (C=O) groups is 1. The van der Waals surface area contributed by atoms with Gasteiger partial charge in [-0.1, -0.05) is 12.2 Å². The Labute approximate surface area is 65.3 Å². The Hall–Kier alpha value is -0.440. The quantitative estimate of drug-likeness (QED) is 0.637. The maximum Gasteiger partial charge on any atom is 0.307 e. The molecule has 3 heteroatoms. The summed E-state index contributed by atoms with van der Waals surface area (Å²) in [6.07, 6.45) is 5.71. The van der Waals surface area contributed by atoms with Crippen molar-refractivity contribution >= 4 is 17.7 Å². The molecule has 0 aliphatic heterocycles. The van der Waals surface area contributed by atoms with Crippen LogP contribution < -0.4 is 0 Å². The lowest BCUT2D eigenvalue weighted by atomic mass is 10.3. The van der Waals surface area contributed by atoms with Crippen molar-refractivity contribution in [1.29, 1.82) is 0 Å². The van der Waals surface area contributed by atoms with Gasteiger partial charge in [0.25, 0.3) is 0 Å². The molecule has 1 unspecified atom stereocenters. The molecule has 0 fully saturated rings. The molecule has 10 heavy (non-hydrogen) atoms. The summed E-state index contributed by atoms with van der Waals surface area (Å²) in [5.74, 6) is -0.774. The van der Waals surface area contributed by atoms with E-state index in [-0.39, 0.29) is 6.42 Å². The van der Waals surface area contributed by atoms with Crippen LogP contribution in [0.25, 0.3) is 0 Å². The van der Waals surface area contributed by atoms with Gasteiger partial charge in [-0.05, 0) is 13.2 Å². The largest absolute Gasteiger partial charge is 0.481 e. The van der Waals surface area contributed by atoms with Crippen LogP contribution in [-0.2, 0) is 4.79 Å². The topological polar surface area (TPSA) is 37.3 Å². The average Bonchev–Trinajstić information content (AvgIpc) is 1.87. The zero-order chi connectivity index (χ0) is 7.98. The molecular formula is C7H12O2S. The van der Waals surface area contributed by atoms with E-state index in [4.69, 9.17) is 5.11 Å². The predicted molar refractivity (Wildman–Crippen MR) is 44.4 cm³/mol. The zero-order valence-corrected chi connectivity index (χ0v) is 7.02. The van der Waals surface area contributed by atoms with E-state index in [1.54, 1.807) is 17.8 Å². The van der Waals surface area contributed by atoms with Crippen molar-refractivity contribution in [2.75, 3.05) is 6.26 Å². The Morgan fingerprint density at radius 1 is 1.80 bits per heavy atom. The molecule has 0 amide bonds. The lowest BCUT2D eigenvalue weighted by Gasteiger charge is -1.97.